The predicted molar refractivity (Wildman–Crippen MR) is 70.8 cm³/mol. The Kier molecular flexibility index (Phi) is 3.37. The molecule has 2 rings (SSSR count). The molecule has 1 aromatic rings. The van der Waals surface area contributed by atoms with E-state index in [1.165, 1.54) is 37.1 Å². The van der Waals surface area contributed by atoms with Crippen molar-refractivity contribution in [1.82, 2.24) is 0 Å². The molecule has 88 valence electrons. The van der Waals surface area contributed by atoms with Crippen LogP contribution in [0.5, 0.6) is 0 Å². The Bertz CT molecular complexity index is 356. The van der Waals surface area contributed by atoms with Crippen molar-refractivity contribution >= 4 is 11.4 Å². The van der Waals surface area contributed by atoms with Gasteiger partial charge in [-0.25, -0.2) is 0 Å². The Hall–Kier alpha value is -1.18. The van der Waals surface area contributed by atoms with E-state index in [0.29, 0.717) is 0 Å². The van der Waals surface area contributed by atoms with Crippen LogP contribution in [0.15, 0.2) is 18.2 Å². The third-order valence-corrected chi connectivity index (χ3v) is 3.29. The standard InChI is InChI=1S/C14H22N2/c1-3-8-16(10-12-4-5-12)13-6-7-14(15)11(2)9-13/h6-7,9,12H,3-5,8,10,15H2,1-2H3. The van der Waals surface area contributed by atoms with Gasteiger partial charge in [0.1, 0.15) is 0 Å². The lowest BCUT2D eigenvalue weighted by Crippen LogP contribution is -2.26. The predicted octanol–water partition coefficient (Wildman–Crippen LogP) is 3.20. The molecule has 0 saturated heterocycles. The lowest BCUT2D eigenvalue weighted by Gasteiger charge is -2.25. The second-order valence-corrected chi connectivity index (χ2v) is 4.93. The van der Waals surface area contributed by atoms with E-state index in [9.17, 15) is 0 Å². The fourth-order valence-electron chi connectivity index (χ4n) is 2.06. The third-order valence-electron chi connectivity index (χ3n) is 3.29. The van der Waals surface area contributed by atoms with Crippen molar-refractivity contribution in [3.05, 3.63) is 23.8 Å². The van der Waals surface area contributed by atoms with E-state index in [1.54, 1.807) is 0 Å². The number of anilines is 2. The van der Waals surface area contributed by atoms with E-state index in [0.717, 1.165) is 18.2 Å². The maximum atomic E-state index is 5.86. The molecule has 0 aliphatic heterocycles. The Labute approximate surface area is 98.4 Å². The highest BCUT2D eigenvalue weighted by molar-refractivity contribution is 5.58. The topological polar surface area (TPSA) is 29.3 Å². The van der Waals surface area contributed by atoms with Gasteiger partial charge in [0.2, 0.25) is 0 Å². The molecular weight excluding hydrogens is 196 g/mol. The molecular formula is C14H22N2. The van der Waals surface area contributed by atoms with Gasteiger partial charge in [-0.2, -0.15) is 0 Å². The molecule has 1 fully saturated rings. The van der Waals surface area contributed by atoms with Crippen LogP contribution in [0.4, 0.5) is 11.4 Å². The molecule has 0 unspecified atom stereocenters. The second-order valence-electron chi connectivity index (χ2n) is 4.93. The number of nitrogen functional groups attached to an aromatic ring is 1. The molecule has 0 aromatic heterocycles. The summed E-state index contributed by atoms with van der Waals surface area (Å²) in [5, 5.41) is 0. The highest BCUT2D eigenvalue weighted by Crippen LogP contribution is 2.32. The zero-order valence-corrected chi connectivity index (χ0v) is 10.4. The molecule has 0 heterocycles. The van der Waals surface area contributed by atoms with Crippen LogP contribution in [0.1, 0.15) is 31.7 Å². The first-order chi connectivity index (χ1) is 7.70. The van der Waals surface area contributed by atoms with Crippen LogP contribution in [0, 0.1) is 12.8 Å². The quantitative estimate of drug-likeness (QED) is 0.769. The minimum Gasteiger partial charge on any atom is -0.399 e. The lowest BCUT2D eigenvalue weighted by molar-refractivity contribution is 0.708. The van der Waals surface area contributed by atoms with E-state index in [2.05, 4.69) is 30.9 Å². The molecule has 0 radical (unpaired) electrons. The molecule has 0 bridgehead atoms. The monoisotopic (exact) mass is 218 g/mol. The average Bonchev–Trinajstić information content (AvgIpc) is 3.05. The van der Waals surface area contributed by atoms with Crippen molar-refractivity contribution in [2.24, 2.45) is 5.92 Å². The van der Waals surface area contributed by atoms with Crippen molar-refractivity contribution in [2.45, 2.75) is 33.1 Å². The van der Waals surface area contributed by atoms with Crippen molar-refractivity contribution in [3.8, 4) is 0 Å². The minimum absolute atomic E-state index is 0.895. The van der Waals surface area contributed by atoms with Crippen LogP contribution in [0.25, 0.3) is 0 Å². The largest absolute Gasteiger partial charge is 0.399 e. The summed E-state index contributed by atoms with van der Waals surface area (Å²) in [7, 11) is 0. The maximum Gasteiger partial charge on any atom is 0.0370 e. The molecule has 2 heteroatoms. The number of hydrogen-bond acceptors (Lipinski definition) is 2. The SMILES string of the molecule is CCCN(CC1CC1)c1ccc(N)c(C)c1. The van der Waals surface area contributed by atoms with Gasteiger partial charge in [-0.1, -0.05) is 6.92 Å². The van der Waals surface area contributed by atoms with Crippen LogP contribution >= 0.6 is 0 Å². The van der Waals surface area contributed by atoms with Gasteiger partial charge < -0.3 is 10.6 Å². The average molecular weight is 218 g/mol. The molecule has 0 atom stereocenters. The lowest BCUT2D eigenvalue weighted by atomic mass is 10.1. The molecule has 1 aromatic carbocycles. The second kappa shape index (κ2) is 4.77. The summed E-state index contributed by atoms with van der Waals surface area (Å²) in [6.07, 6.45) is 4.03. The molecule has 1 saturated carbocycles. The van der Waals surface area contributed by atoms with Crippen molar-refractivity contribution in [1.29, 1.82) is 0 Å². The number of rotatable bonds is 5. The summed E-state index contributed by atoms with van der Waals surface area (Å²) < 4.78 is 0. The van der Waals surface area contributed by atoms with Gasteiger partial charge in [-0.05, 0) is 55.9 Å². The van der Waals surface area contributed by atoms with E-state index in [1.807, 2.05) is 6.07 Å². The van der Waals surface area contributed by atoms with Gasteiger partial charge in [0.15, 0.2) is 0 Å². The molecule has 2 nitrogen and oxygen atoms in total. The van der Waals surface area contributed by atoms with Crippen LogP contribution in [-0.4, -0.2) is 13.1 Å². The van der Waals surface area contributed by atoms with Gasteiger partial charge in [0, 0.05) is 24.5 Å². The van der Waals surface area contributed by atoms with Crippen LogP contribution < -0.4 is 10.6 Å². The number of hydrogen-bond donors (Lipinski definition) is 1. The van der Waals surface area contributed by atoms with Crippen LogP contribution in [0.3, 0.4) is 0 Å². The summed E-state index contributed by atoms with van der Waals surface area (Å²) in [5.74, 6) is 0.935. The van der Waals surface area contributed by atoms with E-state index >= 15 is 0 Å². The van der Waals surface area contributed by atoms with Gasteiger partial charge in [0.25, 0.3) is 0 Å². The molecule has 1 aliphatic carbocycles. The normalized spacial score (nSPS) is 15.1. The molecule has 16 heavy (non-hydrogen) atoms. The Morgan fingerprint density at radius 2 is 2.12 bits per heavy atom. The van der Waals surface area contributed by atoms with Crippen molar-refractivity contribution in [3.63, 3.8) is 0 Å². The van der Waals surface area contributed by atoms with Gasteiger partial charge in [-0.15, -0.1) is 0 Å². The summed E-state index contributed by atoms with van der Waals surface area (Å²) in [4.78, 5) is 2.50. The molecule has 0 amide bonds. The van der Waals surface area contributed by atoms with Gasteiger partial charge >= 0.3 is 0 Å². The highest BCUT2D eigenvalue weighted by Gasteiger charge is 2.24. The number of aryl methyl sites for hydroxylation is 1. The third kappa shape index (κ3) is 2.69. The van der Waals surface area contributed by atoms with Crippen LogP contribution in [-0.2, 0) is 0 Å². The Morgan fingerprint density at radius 1 is 1.38 bits per heavy atom. The molecule has 2 N–H and O–H groups in total. The smallest absolute Gasteiger partial charge is 0.0370 e. The van der Waals surface area contributed by atoms with E-state index in [4.69, 9.17) is 5.73 Å². The Balaban J connectivity index is 2.12. The first kappa shape index (κ1) is 11.3. The minimum atomic E-state index is 0.895. The van der Waals surface area contributed by atoms with Gasteiger partial charge in [-0.3, -0.25) is 0 Å². The number of nitrogens with zero attached hydrogens (tertiary/aromatic N) is 1. The van der Waals surface area contributed by atoms with Crippen molar-refractivity contribution in [2.75, 3.05) is 23.7 Å². The summed E-state index contributed by atoms with van der Waals surface area (Å²) >= 11 is 0. The molecule has 0 spiro atoms. The summed E-state index contributed by atoms with van der Waals surface area (Å²) in [5.41, 5.74) is 9.28. The van der Waals surface area contributed by atoms with Crippen molar-refractivity contribution < 1.29 is 0 Å². The first-order valence-corrected chi connectivity index (χ1v) is 6.31. The number of benzene rings is 1. The van der Waals surface area contributed by atoms with Gasteiger partial charge in [0.05, 0.1) is 0 Å². The Morgan fingerprint density at radius 3 is 2.69 bits per heavy atom. The summed E-state index contributed by atoms with van der Waals surface area (Å²) in [6.45, 7) is 6.70. The van der Waals surface area contributed by atoms with E-state index in [-0.39, 0.29) is 0 Å². The fourth-order valence-corrected chi connectivity index (χ4v) is 2.06. The zero-order valence-electron chi connectivity index (χ0n) is 10.4. The van der Waals surface area contributed by atoms with Crippen LogP contribution in [0.2, 0.25) is 0 Å². The summed E-state index contributed by atoms with van der Waals surface area (Å²) in [6, 6.07) is 6.40. The maximum absolute atomic E-state index is 5.86. The highest BCUT2D eigenvalue weighted by atomic mass is 15.1. The van der Waals surface area contributed by atoms with E-state index < -0.39 is 0 Å². The first-order valence-electron chi connectivity index (χ1n) is 6.31. The number of nitrogens with two attached hydrogens (primary N) is 1. The zero-order chi connectivity index (χ0) is 11.5. The molecule has 1 aliphatic rings. The fraction of sp³-hybridized carbons (Fsp3) is 0.571.